The first-order valence-electron chi connectivity index (χ1n) is 12.5. The highest BCUT2D eigenvalue weighted by molar-refractivity contribution is 5.79. The summed E-state index contributed by atoms with van der Waals surface area (Å²) in [6.07, 6.45) is 6.13. The van der Waals surface area contributed by atoms with Crippen LogP contribution >= 0.6 is 0 Å². The Morgan fingerprint density at radius 3 is 2.51 bits per heavy atom. The van der Waals surface area contributed by atoms with Crippen molar-refractivity contribution in [1.29, 1.82) is 0 Å². The van der Waals surface area contributed by atoms with Gasteiger partial charge >= 0.3 is 0 Å². The van der Waals surface area contributed by atoms with Crippen LogP contribution in [0.15, 0.2) is 54.6 Å². The van der Waals surface area contributed by atoms with Crippen molar-refractivity contribution in [1.82, 2.24) is 14.7 Å². The lowest BCUT2D eigenvalue weighted by Gasteiger charge is -2.28. The lowest BCUT2D eigenvalue weighted by Crippen LogP contribution is -2.40. The van der Waals surface area contributed by atoms with Crippen LogP contribution in [0.25, 0.3) is 11.3 Å². The minimum atomic E-state index is -0.322. The molecular weight excluding hydrogens is 445 g/mol. The van der Waals surface area contributed by atoms with E-state index in [-0.39, 0.29) is 23.7 Å². The minimum Gasteiger partial charge on any atom is -0.439 e. The fourth-order valence-electron chi connectivity index (χ4n) is 5.15. The van der Waals surface area contributed by atoms with E-state index in [0.717, 1.165) is 62.0 Å². The molecular formula is C28H32FN3O3. The number of nitrogens with zero attached hydrogens (tertiary/aromatic N) is 3. The van der Waals surface area contributed by atoms with Gasteiger partial charge in [0, 0.05) is 31.7 Å². The average Bonchev–Trinajstić information content (AvgIpc) is 3.64. The van der Waals surface area contributed by atoms with Gasteiger partial charge in [0.1, 0.15) is 17.3 Å². The van der Waals surface area contributed by atoms with Crippen LogP contribution in [0.1, 0.15) is 44.1 Å². The number of hydrogen-bond donors (Lipinski definition) is 0. The Morgan fingerprint density at radius 1 is 1.09 bits per heavy atom. The number of ether oxygens (including phenoxy) is 2. The highest BCUT2D eigenvalue weighted by Crippen LogP contribution is 2.36. The summed E-state index contributed by atoms with van der Waals surface area (Å²) < 4.78 is 27.3. The Balaban J connectivity index is 1.52. The molecule has 2 aromatic carbocycles. The second-order valence-corrected chi connectivity index (χ2v) is 9.51. The van der Waals surface area contributed by atoms with Crippen LogP contribution in [0.3, 0.4) is 0 Å². The molecule has 2 aliphatic rings. The van der Waals surface area contributed by atoms with Gasteiger partial charge < -0.3 is 14.4 Å². The summed E-state index contributed by atoms with van der Waals surface area (Å²) >= 11 is 0. The van der Waals surface area contributed by atoms with E-state index in [1.807, 2.05) is 42.3 Å². The van der Waals surface area contributed by atoms with Gasteiger partial charge in [-0.15, -0.1) is 0 Å². The molecule has 2 heterocycles. The highest BCUT2D eigenvalue weighted by Gasteiger charge is 2.32. The van der Waals surface area contributed by atoms with Gasteiger partial charge in [0.05, 0.1) is 18.2 Å². The van der Waals surface area contributed by atoms with E-state index in [2.05, 4.69) is 0 Å². The smallest absolute Gasteiger partial charge is 0.226 e. The number of benzene rings is 2. The summed E-state index contributed by atoms with van der Waals surface area (Å²) in [4.78, 5) is 15.6. The maximum atomic E-state index is 13.7. The first-order valence-corrected chi connectivity index (χ1v) is 12.5. The number of carbonyl (C=O) groups excluding carboxylic acids is 1. The van der Waals surface area contributed by atoms with E-state index >= 15 is 0 Å². The number of carbonyl (C=O) groups is 1. The van der Waals surface area contributed by atoms with E-state index in [9.17, 15) is 9.18 Å². The summed E-state index contributed by atoms with van der Waals surface area (Å²) in [5.74, 6) is 0.996. The average molecular weight is 478 g/mol. The van der Waals surface area contributed by atoms with Crippen LogP contribution in [-0.4, -0.2) is 39.8 Å². The normalized spacial score (nSPS) is 18.2. The molecule has 2 fully saturated rings. The molecule has 1 aliphatic heterocycles. The van der Waals surface area contributed by atoms with Crippen LogP contribution in [0.2, 0.25) is 0 Å². The lowest BCUT2D eigenvalue weighted by molar-refractivity contribution is -0.137. The van der Waals surface area contributed by atoms with Crippen molar-refractivity contribution in [2.45, 2.75) is 51.2 Å². The molecule has 0 unspecified atom stereocenters. The van der Waals surface area contributed by atoms with Crippen LogP contribution in [-0.2, 0) is 23.1 Å². The monoisotopic (exact) mass is 477 g/mol. The van der Waals surface area contributed by atoms with Crippen LogP contribution in [0, 0.1) is 11.7 Å². The quantitative estimate of drug-likeness (QED) is 0.417. The fourth-order valence-corrected chi connectivity index (χ4v) is 5.15. The Kier molecular flexibility index (Phi) is 7.13. The predicted octanol–water partition coefficient (Wildman–Crippen LogP) is 5.72. The van der Waals surface area contributed by atoms with E-state index in [4.69, 9.17) is 14.6 Å². The third-order valence-electron chi connectivity index (χ3n) is 6.98. The standard InChI is InChI=1S/C28H32FN3O3/c1-31-28(35-23-15-13-22(29)14-16-23)25(26(30-31)20-8-3-2-4-9-20)19-32(18-24-12-7-17-34-24)27(33)21-10-5-6-11-21/h2-4,8-9,13-16,21,24H,5-7,10-12,17-19H2,1H3/t24-/m1/s1. The third-order valence-corrected chi connectivity index (χ3v) is 6.98. The highest BCUT2D eigenvalue weighted by atomic mass is 19.1. The molecule has 1 amide bonds. The summed E-state index contributed by atoms with van der Waals surface area (Å²) in [6.45, 7) is 1.69. The van der Waals surface area contributed by atoms with E-state index < -0.39 is 0 Å². The van der Waals surface area contributed by atoms with E-state index in [1.54, 1.807) is 16.8 Å². The molecule has 5 rings (SSSR count). The van der Waals surface area contributed by atoms with Crippen molar-refractivity contribution in [2.75, 3.05) is 13.2 Å². The number of aryl methyl sites for hydroxylation is 1. The molecule has 0 radical (unpaired) electrons. The van der Waals surface area contributed by atoms with Gasteiger partial charge in [0.15, 0.2) is 0 Å². The number of amides is 1. The summed E-state index contributed by atoms with van der Waals surface area (Å²) in [6, 6.07) is 15.9. The zero-order valence-electron chi connectivity index (χ0n) is 20.2. The molecule has 1 aliphatic carbocycles. The summed E-state index contributed by atoms with van der Waals surface area (Å²) in [7, 11) is 1.83. The fraction of sp³-hybridized carbons (Fsp3) is 0.429. The second kappa shape index (κ2) is 10.6. The van der Waals surface area contributed by atoms with Crippen LogP contribution in [0.5, 0.6) is 11.6 Å². The van der Waals surface area contributed by atoms with Gasteiger partial charge in [-0.2, -0.15) is 5.10 Å². The first-order chi connectivity index (χ1) is 17.1. The Bertz CT molecular complexity index is 1130. The maximum Gasteiger partial charge on any atom is 0.226 e. The molecule has 1 saturated carbocycles. The van der Waals surface area contributed by atoms with Gasteiger partial charge in [-0.25, -0.2) is 9.07 Å². The van der Waals surface area contributed by atoms with Crippen LogP contribution < -0.4 is 4.74 Å². The molecule has 0 N–H and O–H groups in total. The molecule has 0 spiro atoms. The minimum absolute atomic E-state index is 0.0543. The van der Waals surface area contributed by atoms with Crippen molar-refractivity contribution in [2.24, 2.45) is 13.0 Å². The van der Waals surface area contributed by atoms with Crippen molar-refractivity contribution in [3.8, 4) is 22.9 Å². The van der Waals surface area contributed by atoms with Crippen molar-refractivity contribution in [3.63, 3.8) is 0 Å². The lowest BCUT2D eigenvalue weighted by atomic mass is 10.0. The first kappa shape index (κ1) is 23.5. The Hall–Kier alpha value is -3.19. The molecule has 1 aromatic heterocycles. The van der Waals surface area contributed by atoms with Gasteiger partial charge in [-0.05, 0) is 49.9 Å². The number of rotatable bonds is 8. The molecule has 0 bridgehead atoms. The number of halogens is 1. The van der Waals surface area contributed by atoms with E-state index in [0.29, 0.717) is 24.7 Å². The second-order valence-electron chi connectivity index (χ2n) is 9.51. The topological polar surface area (TPSA) is 56.6 Å². The summed E-state index contributed by atoms with van der Waals surface area (Å²) in [5, 5.41) is 4.78. The third kappa shape index (κ3) is 5.40. The molecule has 3 aromatic rings. The SMILES string of the molecule is Cn1nc(-c2ccccc2)c(CN(C[C@H]2CCCO2)C(=O)C2CCCC2)c1Oc1ccc(F)cc1. The molecule has 1 atom stereocenters. The van der Waals surface area contributed by atoms with Gasteiger partial charge in [-0.1, -0.05) is 43.2 Å². The van der Waals surface area contributed by atoms with Gasteiger partial charge in [0.25, 0.3) is 0 Å². The molecule has 7 heteroatoms. The Labute approximate surface area is 205 Å². The molecule has 1 saturated heterocycles. The van der Waals surface area contributed by atoms with Crippen molar-refractivity contribution >= 4 is 5.91 Å². The number of aromatic nitrogens is 2. The van der Waals surface area contributed by atoms with Crippen molar-refractivity contribution in [3.05, 3.63) is 66.0 Å². The molecule has 184 valence electrons. The van der Waals surface area contributed by atoms with Crippen molar-refractivity contribution < 1.29 is 18.7 Å². The molecule has 35 heavy (non-hydrogen) atoms. The molecule has 6 nitrogen and oxygen atoms in total. The Morgan fingerprint density at radius 2 is 1.83 bits per heavy atom. The van der Waals surface area contributed by atoms with Crippen LogP contribution in [0.4, 0.5) is 4.39 Å². The summed E-state index contributed by atoms with van der Waals surface area (Å²) in [5.41, 5.74) is 2.58. The number of hydrogen-bond acceptors (Lipinski definition) is 4. The van der Waals surface area contributed by atoms with Gasteiger partial charge in [0.2, 0.25) is 11.8 Å². The van der Waals surface area contributed by atoms with E-state index in [1.165, 1.54) is 12.1 Å². The largest absolute Gasteiger partial charge is 0.439 e. The zero-order chi connectivity index (χ0) is 24.2. The van der Waals surface area contributed by atoms with Gasteiger partial charge in [-0.3, -0.25) is 4.79 Å². The zero-order valence-corrected chi connectivity index (χ0v) is 20.2. The maximum absolute atomic E-state index is 13.7. The predicted molar refractivity (Wildman–Crippen MR) is 131 cm³/mol.